The Morgan fingerprint density at radius 3 is 1.17 bits per heavy atom. The Balaban J connectivity index is 2.97. The zero-order valence-electron chi connectivity index (χ0n) is 16.2. The van der Waals surface area contributed by atoms with Crippen LogP contribution in [0.25, 0.3) is 0 Å². The zero-order valence-corrected chi connectivity index (χ0v) is 16.2. The molecule has 23 heavy (non-hydrogen) atoms. The van der Waals surface area contributed by atoms with Crippen molar-refractivity contribution in [1.82, 2.24) is 0 Å². The Bertz CT molecular complexity index is 251. The number of rotatable bonds is 19. The van der Waals surface area contributed by atoms with E-state index in [9.17, 15) is 0 Å². The maximum absolute atomic E-state index is 3.97. The number of hydrogen-bond donors (Lipinski definition) is 0. The van der Waals surface area contributed by atoms with Crippen LogP contribution in [0.5, 0.6) is 0 Å². The molecule has 0 aromatic carbocycles. The summed E-state index contributed by atoms with van der Waals surface area (Å²) in [4.78, 5) is 0. The van der Waals surface area contributed by atoms with Crippen LogP contribution in [0.15, 0.2) is 24.8 Å². The third kappa shape index (κ3) is 21.5. The fourth-order valence-corrected chi connectivity index (χ4v) is 3.19. The van der Waals surface area contributed by atoms with Crippen LogP contribution >= 0.6 is 0 Å². The number of hydrogen-bond acceptors (Lipinski definition) is 0. The lowest BCUT2D eigenvalue weighted by Gasteiger charge is -2.04. The molecule has 0 aromatic rings. The van der Waals surface area contributed by atoms with Crippen LogP contribution in [0.1, 0.15) is 122 Å². The van der Waals surface area contributed by atoms with E-state index in [1.807, 2.05) is 6.08 Å². The van der Waals surface area contributed by atoms with Crippen molar-refractivity contribution in [3.63, 3.8) is 0 Å². The van der Waals surface area contributed by atoms with E-state index in [2.05, 4.69) is 20.1 Å². The third-order valence-electron chi connectivity index (χ3n) is 4.76. The zero-order chi connectivity index (χ0) is 17.0. The molecule has 0 heterocycles. The van der Waals surface area contributed by atoms with Gasteiger partial charge in [0.2, 0.25) is 0 Å². The standard InChI is InChI=1S/C23H44/c1-4-5-6-7-8-9-10-11-12-13-14-15-16-17-18-19-20-21-22-23(2)3/h4H,1-2,5-22H2,3H3. The summed E-state index contributed by atoms with van der Waals surface area (Å²) in [6.07, 6.45) is 27.4. The Labute approximate surface area is 147 Å². The van der Waals surface area contributed by atoms with Gasteiger partial charge in [0.25, 0.3) is 0 Å². The molecule has 0 aliphatic rings. The van der Waals surface area contributed by atoms with Crippen LogP contribution in [0.2, 0.25) is 0 Å². The first-order valence-corrected chi connectivity index (χ1v) is 10.5. The molecule has 0 atom stereocenters. The number of allylic oxidation sites excluding steroid dienone is 2. The van der Waals surface area contributed by atoms with Gasteiger partial charge in [-0.05, 0) is 32.6 Å². The molecule has 0 saturated heterocycles. The molecule has 0 aromatic heterocycles. The van der Waals surface area contributed by atoms with E-state index in [0.29, 0.717) is 0 Å². The molecule has 0 aliphatic heterocycles. The summed E-state index contributed by atoms with van der Waals surface area (Å²) in [6, 6.07) is 0. The lowest BCUT2D eigenvalue weighted by Crippen LogP contribution is -1.84. The first-order chi connectivity index (χ1) is 11.3. The van der Waals surface area contributed by atoms with Crippen molar-refractivity contribution in [2.45, 2.75) is 122 Å². The highest BCUT2D eigenvalue weighted by molar-refractivity contribution is 4.86. The molecule has 0 nitrogen and oxygen atoms in total. The summed E-state index contributed by atoms with van der Waals surface area (Å²) in [5.74, 6) is 0. The Kier molecular flexibility index (Phi) is 19.1. The lowest BCUT2D eigenvalue weighted by atomic mass is 10.0. The van der Waals surface area contributed by atoms with E-state index in [1.165, 1.54) is 121 Å². The van der Waals surface area contributed by atoms with Crippen molar-refractivity contribution in [3.05, 3.63) is 24.8 Å². The van der Waals surface area contributed by atoms with Crippen LogP contribution in [-0.4, -0.2) is 0 Å². The van der Waals surface area contributed by atoms with Crippen molar-refractivity contribution in [2.24, 2.45) is 0 Å². The largest absolute Gasteiger partial charge is 0.103 e. The minimum Gasteiger partial charge on any atom is -0.103 e. The summed E-state index contributed by atoms with van der Waals surface area (Å²) in [5.41, 5.74) is 1.35. The predicted octanol–water partition coefficient (Wildman–Crippen LogP) is 8.77. The normalized spacial score (nSPS) is 10.8. The molecular formula is C23H44. The Morgan fingerprint density at radius 1 is 0.565 bits per heavy atom. The molecule has 0 rings (SSSR count). The molecule has 0 saturated carbocycles. The minimum absolute atomic E-state index is 1.20. The second-order valence-electron chi connectivity index (χ2n) is 7.44. The van der Waals surface area contributed by atoms with Gasteiger partial charge in [-0.25, -0.2) is 0 Å². The van der Waals surface area contributed by atoms with Crippen molar-refractivity contribution >= 4 is 0 Å². The summed E-state index contributed by atoms with van der Waals surface area (Å²) in [7, 11) is 0. The number of unbranched alkanes of at least 4 members (excludes halogenated alkanes) is 16. The smallest absolute Gasteiger partial charge is 0.0326 e. The van der Waals surface area contributed by atoms with E-state index >= 15 is 0 Å². The summed E-state index contributed by atoms with van der Waals surface area (Å²) >= 11 is 0. The molecule has 0 bridgehead atoms. The predicted molar refractivity (Wildman–Crippen MR) is 108 cm³/mol. The van der Waals surface area contributed by atoms with Crippen molar-refractivity contribution in [2.75, 3.05) is 0 Å². The Morgan fingerprint density at radius 2 is 0.870 bits per heavy atom. The van der Waals surface area contributed by atoms with E-state index < -0.39 is 0 Å². The molecular weight excluding hydrogens is 276 g/mol. The molecule has 0 amide bonds. The maximum Gasteiger partial charge on any atom is -0.0326 e. The topological polar surface area (TPSA) is 0 Å². The first-order valence-electron chi connectivity index (χ1n) is 10.5. The molecule has 0 N–H and O–H groups in total. The summed E-state index contributed by atoms with van der Waals surface area (Å²) in [5, 5.41) is 0. The van der Waals surface area contributed by atoms with Crippen LogP contribution in [0.3, 0.4) is 0 Å². The first kappa shape index (κ1) is 22.5. The summed E-state index contributed by atoms with van der Waals surface area (Å²) < 4.78 is 0. The minimum atomic E-state index is 1.20. The molecule has 0 heteroatoms. The van der Waals surface area contributed by atoms with Gasteiger partial charge < -0.3 is 0 Å². The highest BCUT2D eigenvalue weighted by atomic mass is 14.0. The fourth-order valence-electron chi connectivity index (χ4n) is 3.19. The molecule has 0 aliphatic carbocycles. The maximum atomic E-state index is 3.97. The Hall–Kier alpha value is -0.520. The van der Waals surface area contributed by atoms with Gasteiger partial charge in [0, 0.05) is 0 Å². The monoisotopic (exact) mass is 320 g/mol. The van der Waals surface area contributed by atoms with Crippen LogP contribution in [-0.2, 0) is 0 Å². The van der Waals surface area contributed by atoms with E-state index in [4.69, 9.17) is 0 Å². The molecule has 0 radical (unpaired) electrons. The second-order valence-corrected chi connectivity index (χ2v) is 7.44. The molecule has 0 unspecified atom stereocenters. The van der Waals surface area contributed by atoms with Gasteiger partial charge in [0.05, 0.1) is 0 Å². The molecule has 136 valence electrons. The lowest BCUT2D eigenvalue weighted by molar-refractivity contribution is 0.528. The van der Waals surface area contributed by atoms with E-state index in [0.717, 1.165) is 0 Å². The second kappa shape index (κ2) is 19.5. The molecule has 0 spiro atoms. The van der Waals surface area contributed by atoms with Gasteiger partial charge in [-0.3, -0.25) is 0 Å². The van der Waals surface area contributed by atoms with Crippen LogP contribution in [0.4, 0.5) is 0 Å². The van der Waals surface area contributed by atoms with E-state index in [-0.39, 0.29) is 0 Å². The van der Waals surface area contributed by atoms with Crippen LogP contribution < -0.4 is 0 Å². The SMILES string of the molecule is C=CCCCCCCCCCCCCCCCCCCC(=C)C. The third-order valence-corrected chi connectivity index (χ3v) is 4.76. The van der Waals surface area contributed by atoms with Gasteiger partial charge in [0.1, 0.15) is 0 Å². The highest BCUT2D eigenvalue weighted by Crippen LogP contribution is 2.14. The van der Waals surface area contributed by atoms with Gasteiger partial charge in [0.15, 0.2) is 0 Å². The van der Waals surface area contributed by atoms with Crippen molar-refractivity contribution in [1.29, 1.82) is 0 Å². The average Bonchev–Trinajstić information content (AvgIpc) is 2.53. The van der Waals surface area contributed by atoms with E-state index in [1.54, 1.807) is 0 Å². The quantitative estimate of drug-likeness (QED) is 0.165. The van der Waals surface area contributed by atoms with Crippen LogP contribution in [0, 0.1) is 0 Å². The fraction of sp³-hybridized carbons (Fsp3) is 0.826. The van der Waals surface area contributed by atoms with Gasteiger partial charge in [-0.2, -0.15) is 0 Å². The van der Waals surface area contributed by atoms with Gasteiger partial charge in [-0.1, -0.05) is 102 Å². The van der Waals surface area contributed by atoms with Gasteiger partial charge in [-0.15, -0.1) is 13.2 Å². The van der Waals surface area contributed by atoms with Crippen molar-refractivity contribution in [3.8, 4) is 0 Å². The van der Waals surface area contributed by atoms with Gasteiger partial charge >= 0.3 is 0 Å². The summed E-state index contributed by atoms with van der Waals surface area (Å²) in [6.45, 7) is 9.88. The van der Waals surface area contributed by atoms with Crippen molar-refractivity contribution < 1.29 is 0 Å². The highest BCUT2D eigenvalue weighted by Gasteiger charge is 1.95. The average molecular weight is 321 g/mol. The molecule has 0 fully saturated rings.